The second kappa shape index (κ2) is 8.89. The van der Waals surface area contributed by atoms with Crippen molar-refractivity contribution in [2.75, 3.05) is 19.8 Å². The maximum absolute atomic E-state index is 11.9. The number of urea groups is 1. The summed E-state index contributed by atoms with van der Waals surface area (Å²) in [6.45, 7) is 3.20. The first-order valence-corrected chi connectivity index (χ1v) is 8.49. The van der Waals surface area contributed by atoms with E-state index in [0.29, 0.717) is 13.2 Å². The van der Waals surface area contributed by atoms with Crippen LogP contribution >= 0.6 is 0 Å². The van der Waals surface area contributed by atoms with Crippen molar-refractivity contribution in [3.8, 4) is 0 Å². The molecule has 1 aromatic rings. The van der Waals surface area contributed by atoms with E-state index >= 15 is 0 Å². The average molecular weight is 320 g/mol. The number of benzene rings is 1. The Labute approximate surface area is 138 Å². The molecule has 5 heteroatoms. The molecule has 0 heterocycles. The number of carbonyl (C=O) groups excluding carboxylic acids is 1. The molecule has 2 amide bonds. The summed E-state index contributed by atoms with van der Waals surface area (Å²) in [5.41, 5.74) is 0.743. The number of nitrogens with one attached hydrogen (secondary N) is 2. The second-order valence-corrected chi connectivity index (χ2v) is 6.30. The summed E-state index contributed by atoms with van der Waals surface area (Å²) in [7, 11) is 0. The van der Waals surface area contributed by atoms with Gasteiger partial charge in [0.15, 0.2) is 0 Å². The molecular formula is C18H28N2O3. The third kappa shape index (κ3) is 5.52. The summed E-state index contributed by atoms with van der Waals surface area (Å²) in [6.07, 6.45) is 4.65. The zero-order valence-corrected chi connectivity index (χ0v) is 13.9. The van der Waals surface area contributed by atoms with Crippen LogP contribution in [-0.2, 0) is 4.74 Å². The lowest BCUT2D eigenvalue weighted by molar-refractivity contribution is 0.0643. The molecule has 2 rings (SSSR count). The van der Waals surface area contributed by atoms with E-state index in [4.69, 9.17) is 4.74 Å². The molecular weight excluding hydrogens is 292 g/mol. The third-order valence-electron chi connectivity index (χ3n) is 4.49. The zero-order valence-electron chi connectivity index (χ0n) is 13.9. The molecule has 1 unspecified atom stereocenters. The minimum absolute atomic E-state index is 0.0120. The Morgan fingerprint density at radius 2 is 2.00 bits per heavy atom. The highest BCUT2D eigenvalue weighted by Crippen LogP contribution is 2.28. The Kier molecular flexibility index (Phi) is 6.86. The van der Waals surface area contributed by atoms with E-state index in [1.54, 1.807) is 0 Å². The van der Waals surface area contributed by atoms with E-state index in [-0.39, 0.29) is 18.7 Å². The van der Waals surface area contributed by atoms with E-state index in [0.717, 1.165) is 37.7 Å². The summed E-state index contributed by atoms with van der Waals surface area (Å²) >= 11 is 0. The first-order valence-electron chi connectivity index (χ1n) is 8.49. The van der Waals surface area contributed by atoms with Gasteiger partial charge in [-0.1, -0.05) is 43.2 Å². The van der Waals surface area contributed by atoms with Crippen LogP contribution in [0.5, 0.6) is 0 Å². The maximum atomic E-state index is 11.9. The highest BCUT2D eigenvalue weighted by Gasteiger charge is 2.34. The maximum Gasteiger partial charge on any atom is 0.315 e. The van der Waals surface area contributed by atoms with E-state index in [9.17, 15) is 9.90 Å². The van der Waals surface area contributed by atoms with Crippen molar-refractivity contribution >= 4 is 6.03 Å². The third-order valence-corrected chi connectivity index (χ3v) is 4.49. The summed E-state index contributed by atoms with van der Waals surface area (Å²) in [6, 6.07) is 9.89. The summed E-state index contributed by atoms with van der Waals surface area (Å²) in [4.78, 5) is 11.9. The van der Waals surface area contributed by atoms with Crippen LogP contribution in [0.15, 0.2) is 30.3 Å². The summed E-state index contributed by atoms with van der Waals surface area (Å²) in [5, 5.41) is 15.2. The fraction of sp³-hybridized carbons (Fsp3) is 0.611. The summed E-state index contributed by atoms with van der Waals surface area (Å²) < 4.78 is 5.77. The minimum atomic E-state index is -0.414. The van der Waals surface area contributed by atoms with Gasteiger partial charge in [0.05, 0.1) is 18.2 Å². The molecule has 3 N–H and O–H groups in total. The molecule has 23 heavy (non-hydrogen) atoms. The van der Waals surface area contributed by atoms with Crippen molar-refractivity contribution in [1.29, 1.82) is 0 Å². The smallest absolute Gasteiger partial charge is 0.315 e. The molecule has 128 valence electrons. The normalized spacial score (nSPS) is 17.7. The number of aliphatic hydroxyl groups is 1. The van der Waals surface area contributed by atoms with Gasteiger partial charge in [-0.2, -0.15) is 0 Å². The van der Waals surface area contributed by atoms with Crippen LogP contribution in [0.25, 0.3) is 0 Å². The number of rotatable bonds is 8. The Morgan fingerprint density at radius 3 is 2.65 bits per heavy atom. The van der Waals surface area contributed by atoms with Gasteiger partial charge in [0.25, 0.3) is 0 Å². The predicted molar refractivity (Wildman–Crippen MR) is 90.2 cm³/mol. The lowest BCUT2D eigenvalue weighted by atomic mass is 9.99. The minimum Gasteiger partial charge on any atom is -0.394 e. The van der Waals surface area contributed by atoms with Crippen LogP contribution in [0.3, 0.4) is 0 Å². The molecule has 0 radical (unpaired) electrons. The Morgan fingerprint density at radius 1 is 1.30 bits per heavy atom. The molecule has 1 aromatic carbocycles. The highest BCUT2D eigenvalue weighted by molar-refractivity contribution is 5.74. The molecule has 0 saturated heterocycles. The Balaban J connectivity index is 1.59. The van der Waals surface area contributed by atoms with Gasteiger partial charge in [0.1, 0.15) is 0 Å². The summed E-state index contributed by atoms with van der Waals surface area (Å²) in [5.74, 6) is 0. The molecule has 1 aliphatic rings. The van der Waals surface area contributed by atoms with E-state index in [1.165, 1.54) is 0 Å². The largest absolute Gasteiger partial charge is 0.394 e. The highest BCUT2D eigenvalue weighted by atomic mass is 16.5. The lowest BCUT2D eigenvalue weighted by Crippen LogP contribution is -2.53. The number of amides is 2. The van der Waals surface area contributed by atoms with Crippen molar-refractivity contribution in [3.05, 3.63) is 35.9 Å². The zero-order chi connectivity index (χ0) is 16.5. The van der Waals surface area contributed by atoms with E-state index < -0.39 is 5.54 Å². The predicted octanol–water partition coefficient (Wildman–Crippen LogP) is 2.76. The number of ether oxygens (including phenoxy) is 1. The van der Waals surface area contributed by atoms with Crippen molar-refractivity contribution < 1.29 is 14.6 Å². The fourth-order valence-corrected chi connectivity index (χ4v) is 3.01. The van der Waals surface area contributed by atoms with Crippen molar-refractivity contribution in [2.24, 2.45) is 0 Å². The van der Waals surface area contributed by atoms with Gasteiger partial charge in [-0.25, -0.2) is 4.79 Å². The van der Waals surface area contributed by atoms with Crippen LogP contribution in [-0.4, -0.2) is 36.4 Å². The number of hydrogen-bond donors (Lipinski definition) is 3. The SMILES string of the molecule is CC(OCCCNC(=O)NC1(CO)CCCC1)c1ccccc1. The van der Waals surface area contributed by atoms with Crippen LogP contribution in [0.4, 0.5) is 4.79 Å². The van der Waals surface area contributed by atoms with E-state index in [1.807, 2.05) is 37.3 Å². The van der Waals surface area contributed by atoms with Crippen molar-refractivity contribution in [1.82, 2.24) is 10.6 Å². The molecule has 0 spiro atoms. The van der Waals surface area contributed by atoms with Gasteiger partial charge >= 0.3 is 6.03 Å². The molecule has 1 aliphatic carbocycles. The van der Waals surface area contributed by atoms with Crippen LogP contribution in [0.1, 0.15) is 50.7 Å². The molecule has 1 atom stereocenters. The van der Waals surface area contributed by atoms with Crippen LogP contribution < -0.4 is 10.6 Å². The topological polar surface area (TPSA) is 70.6 Å². The first kappa shape index (κ1) is 17.8. The van der Waals surface area contributed by atoms with Gasteiger partial charge < -0.3 is 20.5 Å². The number of carbonyl (C=O) groups is 1. The average Bonchev–Trinajstić information content (AvgIpc) is 3.04. The van der Waals surface area contributed by atoms with Gasteiger partial charge in [-0.3, -0.25) is 0 Å². The van der Waals surface area contributed by atoms with E-state index in [2.05, 4.69) is 10.6 Å². The fourth-order valence-electron chi connectivity index (χ4n) is 3.01. The second-order valence-electron chi connectivity index (χ2n) is 6.30. The Hall–Kier alpha value is -1.59. The molecule has 5 nitrogen and oxygen atoms in total. The lowest BCUT2D eigenvalue weighted by Gasteiger charge is -2.28. The standard InChI is InChI=1S/C18H28N2O3/c1-15(16-8-3-2-4-9-16)23-13-7-12-19-17(22)20-18(14-21)10-5-6-11-18/h2-4,8-9,15,21H,5-7,10-14H2,1H3,(H2,19,20,22). The van der Waals surface area contributed by atoms with Crippen LogP contribution in [0, 0.1) is 0 Å². The number of hydrogen-bond acceptors (Lipinski definition) is 3. The quantitative estimate of drug-likeness (QED) is 0.645. The number of aliphatic hydroxyl groups excluding tert-OH is 1. The van der Waals surface area contributed by atoms with Gasteiger partial charge in [-0.05, 0) is 31.7 Å². The molecule has 1 fully saturated rings. The van der Waals surface area contributed by atoms with Crippen molar-refractivity contribution in [2.45, 2.75) is 50.7 Å². The van der Waals surface area contributed by atoms with Crippen molar-refractivity contribution in [3.63, 3.8) is 0 Å². The molecule has 0 bridgehead atoms. The molecule has 0 aromatic heterocycles. The van der Waals surface area contributed by atoms with Crippen LogP contribution in [0.2, 0.25) is 0 Å². The first-order chi connectivity index (χ1) is 11.2. The van der Waals surface area contributed by atoms with Gasteiger partial charge in [0.2, 0.25) is 0 Å². The molecule has 1 saturated carbocycles. The van der Waals surface area contributed by atoms with Gasteiger partial charge in [0, 0.05) is 13.2 Å². The van der Waals surface area contributed by atoms with Gasteiger partial charge in [-0.15, -0.1) is 0 Å². The Bertz CT molecular complexity index is 472. The molecule has 0 aliphatic heterocycles. The monoisotopic (exact) mass is 320 g/mol.